The molecule has 156 valence electrons. The summed E-state index contributed by atoms with van der Waals surface area (Å²) in [5.74, 6) is -0.399. The van der Waals surface area contributed by atoms with Crippen LogP contribution in [-0.4, -0.2) is 43.7 Å². The van der Waals surface area contributed by atoms with E-state index in [0.717, 1.165) is 16.9 Å². The summed E-state index contributed by atoms with van der Waals surface area (Å²) < 4.78 is 27.4. The summed E-state index contributed by atoms with van der Waals surface area (Å²) in [5, 5.41) is 4.31. The number of aryl methyl sites for hydroxylation is 1. The minimum atomic E-state index is -3.72. The van der Waals surface area contributed by atoms with Gasteiger partial charge in [-0.3, -0.25) is 14.3 Å². The van der Waals surface area contributed by atoms with Gasteiger partial charge in [-0.2, -0.15) is 0 Å². The standard InChI is InChI=1S/C20H20N4O4S2/c1-14-8-9-21-17(11-14)22-18(25)13-24(2)20(26)15-5-3-6-16(12-15)23-30(27,28)19-7-4-10-29-19/h3-12,23H,13H2,1-2H3,(H,21,22,25). The van der Waals surface area contributed by atoms with Crippen molar-refractivity contribution in [2.45, 2.75) is 11.1 Å². The van der Waals surface area contributed by atoms with E-state index in [-0.39, 0.29) is 22.0 Å². The van der Waals surface area contributed by atoms with Crippen LogP contribution in [0.1, 0.15) is 15.9 Å². The summed E-state index contributed by atoms with van der Waals surface area (Å²) in [7, 11) is -2.22. The molecule has 0 aliphatic heterocycles. The van der Waals surface area contributed by atoms with E-state index in [2.05, 4.69) is 15.0 Å². The van der Waals surface area contributed by atoms with Gasteiger partial charge in [0.25, 0.3) is 15.9 Å². The molecular formula is C20H20N4O4S2. The lowest BCUT2D eigenvalue weighted by molar-refractivity contribution is -0.116. The molecule has 0 fully saturated rings. The summed E-state index contributed by atoms with van der Waals surface area (Å²) >= 11 is 1.10. The number of hydrogen-bond donors (Lipinski definition) is 2. The molecule has 0 aliphatic rings. The van der Waals surface area contributed by atoms with Crippen molar-refractivity contribution in [3.05, 3.63) is 71.2 Å². The molecule has 3 rings (SSSR count). The minimum Gasteiger partial charge on any atom is -0.332 e. The predicted octanol–water partition coefficient (Wildman–Crippen LogP) is 2.96. The van der Waals surface area contributed by atoms with Crippen LogP contribution >= 0.6 is 11.3 Å². The molecule has 0 saturated carbocycles. The highest BCUT2D eigenvalue weighted by atomic mass is 32.2. The maximum absolute atomic E-state index is 12.7. The fourth-order valence-corrected chi connectivity index (χ4v) is 4.67. The van der Waals surface area contributed by atoms with Crippen molar-refractivity contribution >= 4 is 44.7 Å². The Balaban J connectivity index is 1.66. The lowest BCUT2D eigenvalue weighted by atomic mass is 10.2. The average molecular weight is 445 g/mol. The molecule has 0 aliphatic carbocycles. The van der Waals surface area contributed by atoms with Gasteiger partial charge < -0.3 is 10.2 Å². The Kier molecular flexibility index (Phi) is 6.48. The first kappa shape index (κ1) is 21.5. The van der Waals surface area contributed by atoms with Crippen molar-refractivity contribution in [3.8, 4) is 0 Å². The largest absolute Gasteiger partial charge is 0.332 e. The van der Waals surface area contributed by atoms with Crippen molar-refractivity contribution in [2.75, 3.05) is 23.6 Å². The number of nitrogens with zero attached hydrogens (tertiary/aromatic N) is 2. The van der Waals surface area contributed by atoms with Crippen LogP contribution in [0.25, 0.3) is 0 Å². The third-order valence-electron chi connectivity index (χ3n) is 4.03. The van der Waals surface area contributed by atoms with Gasteiger partial charge >= 0.3 is 0 Å². The van der Waals surface area contributed by atoms with Crippen LogP contribution in [0, 0.1) is 6.92 Å². The van der Waals surface area contributed by atoms with Gasteiger partial charge in [0.2, 0.25) is 5.91 Å². The molecule has 2 amide bonds. The van der Waals surface area contributed by atoms with Crippen molar-refractivity contribution in [1.82, 2.24) is 9.88 Å². The zero-order valence-electron chi connectivity index (χ0n) is 16.3. The van der Waals surface area contributed by atoms with E-state index in [1.807, 2.05) is 13.0 Å². The van der Waals surface area contributed by atoms with E-state index in [0.29, 0.717) is 5.82 Å². The second-order valence-electron chi connectivity index (χ2n) is 6.55. The molecule has 10 heteroatoms. The minimum absolute atomic E-state index is 0.178. The highest BCUT2D eigenvalue weighted by molar-refractivity contribution is 7.94. The number of carbonyl (C=O) groups is 2. The van der Waals surface area contributed by atoms with E-state index >= 15 is 0 Å². The molecule has 0 unspecified atom stereocenters. The summed E-state index contributed by atoms with van der Waals surface area (Å²) in [6.07, 6.45) is 1.59. The fraction of sp³-hybridized carbons (Fsp3) is 0.150. The second kappa shape index (κ2) is 9.06. The van der Waals surface area contributed by atoms with Crippen LogP contribution in [0.5, 0.6) is 0 Å². The van der Waals surface area contributed by atoms with Crippen LogP contribution in [0.15, 0.2) is 64.3 Å². The molecule has 2 heterocycles. The van der Waals surface area contributed by atoms with Gasteiger partial charge in [-0.25, -0.2) is 13.4 Å². The lowest BCUT2D eigenvalue weighted by Gasteiger charge is -2.17. The lowest BCUT2D eigenvalue weighted by Crippen LogP contribution is -2.35. The molecule has 1 aromatic carbocycles. The quantitative estimate of drug-likeness (QED) is 0.582. The monoisotopic (exact) mass is 444 g/mol. The van der Waals surface area contributed by atoms with Crippen molar-refractivity contribution in [1.29, 1.82) is 0 Å². The molecule has 0 radical (unpaired) electrons. The number of carbonyl (C=O) groups excluding carboxylic acids is 2. The van der Waals surface area contributed by atoms with Gasteiger partial charge in [0.1, 0.15) is 10.0 Å². The predicted molar refractivity (Wildman–Crippen MR) is 116 cm³/mol. The fourth-order valence-electron chi connectivity index (χ4n) is 2.63. The Morgan fingerprint density at radius 3 is 2.63 bits per heavy atom. The molecule has 8 nitrogen and oxygen atoms in total. The number of anilines is 2. The normalized spacial score (nSPS) is 11.0. The Morgan fingerprint density at radius 2 is 1.93 bits per heavy atom. The maximum Gasteiger partial charge on any atom is 0.271 e. The van der Waals surface area contributed by atoms with E-state index in [1.54, 1.807) is 41.9 Å². The van der Waals surface area contributed by atoms with Gasteiger partial charge in [-0.05, 0) is 54.3 Å². The van der Waals surface area contributed by atoms with Crippen LogP contribution in [0.3, 0.4) is 0 Å². The number of hydrogen-bond acceptors (Lipinski definition) is 6. The van der Waals surface area contributed by atoms with Crippen LogP contribution in [-0.2, 0) is 14.8 Å². The highest BCUT2D eigenvalue weighted by Gasteiger charge is 2.18. The van der Waals surface area contributed by atoms with Gasteiger partial charge in [0.15, 0.2) is 0 Å². The van der Waals surface area contributed by atoms with E-state index < -0.39 is 21.8 Å². The number of benzene rings is 1. The Bertz CT molecular complexity index is 1160. The summed E-state index contributed by atoms with van der Waals surface area (Å²) in [4.78, 5) is 30.2. The SMILES string of the molecule is Cc1ccnc(NC(=O)CN(C)C(=O)c2cccc(NS(=O)(=O)c3cccs3)c2)c1. The topological polar surface area (TPSA) is 108 Å². The second-order valence-corrected chi connectivity index (χ2v) is 9.40. The Labute approximate surface area is 178 Å². The van der Waals surface area contributed by atoms with Gasteiger partial charge in [0.05, 0.1) is 6.54 Å². The first-order valence-corrected chi connectivity index (χ1v) is 11.3. The van der Waals surface area contributed by atoms with Crippen LogP contribution in [0.2, 0.25) is 0 Å². The number of pyridine rings is 1. The number of aromatic nitrogens is 1. The summed E-state index contributed by atoms with van der Waals surface area (Å²) in [6, 6.07) is 12.8. The molecule has 3 aromatic rings. The maximum atomic E-state index is 12.7. The third kappa shape index (κ3) is 5.43. The van der Waals surface area contributed by atoms with Crippen LogP contribution in [0.4, 0.5) is 11.5 Å². The Hall–Kier alpha value is -3.24. The third-order valence-corrected chi connectivity index (χ3v) is 6.81. The van der Waals surface area contributed by atoms with Crippen LogP contribution < -0.4 is 10.0 Å². The van der Waals surface area contributed by atoms with E-state index in [9.17, 15) is 18.0 Å². The zero-order valence-corrected chi connectivity index (χ0v) is 18.0. The highest BCUT2D eigenvalue weighted by Crippen LogP contribution is 2.21. The van der Waals surface area contributed by atoms with Crippen molar-refractivity contribution in [3.63, 3.8) is 0 Å². The first-order chi connectivity index (χ1) is 14.2. The van der Waals surface area contributed by atoms with Gasteiger partial charge in [0, 0.05) is 24.5 Å². The number of sulfonamides is 1. The van der Waals surface area contributed by atoms with Gasteiger partial charge in [-0.1, -0.05) is 12.1 Å². The van der Waals surface area contributed by atoms with Gasteiger partial charge in [-0.15, -0.1) is 11.3 Å². The molecule has 0 atom stereocenters. The number of thiophene rings is 1. The summed E-state index contributed by atoms with van der Waals surface area (Å²) in [6.45, 7) is 1.70. The molecule has 30 heavy (non-hydrogen) atoms. The average Bonchev–Trinajstić information content (AvgIpc) is 3.23. The summed E-state index contributed by atoms with van der Waals surface area (Å²) in [5.41, 5.74) is 1.47. The molecule has 2 aromatic heterocycles. The van der Waals surface area contributed by atoms with Crippen molar-refractivity contribution in [2.24, 2.45) is 0 Å². The number of likely N-dealkylation sites (N-methyl/N-ethyl adjacent to an activating group) is 1. The first-order valence-electron chi connectivity index (χ1n) is 8.89. The number of amides is 2. The molecule has 0 bridgehead atoms. The van der Waals surface area contributed by atoms with Crippen molar-refractivity contribution < 1.29 is 18.0 Å². The molecule has 0 saturated heterocycles. The smallest absolute Gasteiger partial charge is 0.271 e. The Morgan fingerprint density at radius 1 is 1.13 bits per heavy atom. The van der Waals surface area contributed by atoms with E-state index in [1.165, 1.54) is 24.1 Å². The molecule has 2 N–H and O–H groups in total. The zero-order chi connectivity index (χ0) is 21.7. The number of rotatable bonds is 7. The van der Waals surface area contributed by atoms with E-state index in [4.69, 9.17) is 0 Å². The molecular weight excluding hydrogens is 424 g/mol. The number of nitrogens with one attached hydrogen (secondary N) is 2. The molecule has 0 spiro atoms.